The first-order chi connectivity index (χ1) is 10.1. The van der Waals surface area contributed by atoms with Crippen LogP contribution in [0.4, 0.5) is 0 Å². The van der Waals surface area contributed by atoms with E-state index in [0.29, 0.717) is 12.1 Å². The SMILES string of the molecule is Cc1ccc2c(c1)nc(C(C)Cl)n2C1CCOC1C1CC1. The zero-order valence-corrected chi connectivity index (χ0v) is 13.3. The molecule has 1 aromatic heterocycles. The summed E-state index contributed by atoms with van der Waals surface area (Å²) in [5.74, 6) is 1.72. The van der Waals surface area contributed by atoms with Crippen LogP contribution in [0.3, 0.4) is 0 Å². The summed E-state index contributed by atoms with van der Waals surface area (Å²) >= 11 is 6.42. The molecule has 4 heteroatoms. The highest BCUT2D eigenvalue weighted by Gasteiger charge is 2.42. The third kappa shape index (κ3) is 2.27. The standard InChI is InChI=1S/C17H21ClN2O/c1-10-3-6-14-13(9-10)19-17(11(2)18)20(14)15-7-8-21-16(15)12-4-5-12/h3,6,9,11-12,15-16H,4-5,7-8H2,1-2H3. The van der Waals surface area contributed by atoms with Crippen LogP contribution in [0.25, 0.3) is 11.0 Å². The van der Waals surface area contributed by atoms with Crippen LogP contribution in [0.2, 0.25) is 0 Å². The fourth-order valence-electron chi connectivity index (χ4n) is 3.61. The lowest BCUT2D eigenvalue weighted by atomic mass is 10.1. The van der Waals surface area contributed by atoms with Crippen molar-refractivity contribution in [2.75, 3.05) is 6.61 Å². The molecule has 1 saturated heterocycles. The second-order valence-electron chi connectivity index (χ2n) is 6.48. The van der Waals surface area contributed by atoms with Crippen molar-refractivity contribution in [3.63, 3.8) is 0 Å². The molecule has 3 atom stereocenters. The van der Waals surface area contributed by atoms with Gasteiger partial charge in [-0.15, -0.1) is 11.6 Å². The zero-order chi connectivity index (χ0) is 14.6. The largest absolute Gasteiger partial charge is 0.376 e. The highest BCUT2D eigenvalue weighted by Crippen LogP contribution is 2.45. The highest BCUT2D eigenvalue weighted by atomic mass is 35.5. The monoisotopic (exact) mass is 304 g/mol. The van der Waals surface area contributed by atoms with Gasteiger partial charge in [0.05, 0.1) is 28.6 Å². The maximum atomic E-state index is 6.42. The van der Waals surface area contributed by atoms with E-state index >= 15 is 0 Å². The number of hydrogen-bond acceptors (Lipinski definition) is 2. The Kier molecular flexibility index (Phi) is 3.23. The molecule has 2 aromatic rings. The minimum atomic E-state index is -0.0850. The van der Waals surface area contributed by atoms with Gasteiger partial charge in [-0.2, -0.15) is 0 Å². The first-order valence-electron chi connectivity index (χ1n) is 7.89. The predicted octanol–water partition coefficient (Wildman–Crippen LogP) is 4.38. The number of nitrogens with zero attached hydrogens (tertiary/aromatic N) is 2. The van der Waals surface area contributed by atoms with Gasteiger partial charge < -0.3 is 9.30 Å². The molecule has 1 saturated carbocycles. The van der Waals surface area contributed by atoms with Crippen molar-refractivity contribution in [3.05, 3.63) is 29.6 Å². The van der Waals surface area contributed by atoms with E-state index in [0.717, 1.165) is 30.3 Å². The van der Waals surface area contributed by atoms with Gasteiger partial charge in [0.25, 0.3) is 0 Å². The minimum Gasteiger partial charge on any atom is -0.376 e. The Bertz CT molecular complexity index is 675. The van der Waals surface area contributed by atoms with Crippen molar-refractivity contribution in [1.29, 1.82) is 0 Å². The molecule has 1 aliphatic heterocycles. The van der Waals surface area contributed by atoms with Crippen LogP contribution in [0.5, 0.6) is 0 Å². The lowest BCUT2D eigenvalue weighted by Gasteiger charge is -2.23. The summed E-state index contributed by atoms with van der Waals surface area (Å²) in [5.41, 5.74) is 3.49. The topological polar surface area (TPSA) is 27.1 Å². The Morgan fingerprint density at radius 2 is 2.14 bits per heavy atom. The predicted molar refractivity (Wildman–Crippen MR) is 84.9 cm³/mol. The molecule has 2 heterocycles. The Morgan fingerprint density at radius 3 is 2.86 bits per heavy atom. The van der Waals surface area contributed by atoms with E-state index < -0.39 is 0 Å². The number of alkyl halides is 1. The first kappa shape index (κ1) is 13.6. The molecular formula is C17H21ClN2O. The van der Waals surface area contributed by atoms with Crippen molar-refractivity contribution >= 4 is 22.6 Å². The number of benzene rings is 1. The maximum absolute atomic E-state index is 6.42. The van der Waals surface area contributed by atoms with E-state index in [9.17, 15) is 0 Å². The van der Waals surface area contributed by atoms with Gasteiger partial charge in [-0.3, -0.25) is 0 Å². The molecule has 0 radical (unpaired) electrons. The number of fused-ring (bicyclic) bond motifs is 1. The van der Waals surface area contributed by atoms with Crippen LogP contribution in [-0.4, -0.2) is 22.3 Å². The number of ether oxygens (including phenoxy) is 1. The van der Waals surface area contributed by atoms with Gasteiger partial charge in [0, 0.05) is 6.61 Å². The summed E-state index contributed by atoms with van der Waals surface area (Å²) in [7, 11) is 0. The second-order valence-corrected chi connectivity index (χ2v) is 7.13. The molecule has 2 fully saturated rings. The molecule has 1 aliphatic carbocycles. The van der Waals surface area contributed by atoms with E-state index in [1.807, 2.05) is 6.92 Å². The van der Waals surface area contributed by atoms with Crippen molar-refractivity contribution in [2.24, 2.45) is 5.92 Å². The van der Waals surface area contributed by atoms with Crippen LogP contribution < -0.4 is 0 Å². The van der Waals surface area contributed by atoms with Crippen molar-refractivity contribution in [1.82, 2.24) is 9.55 Å². The highest BCUT2D eigenvalue weighted by molar-refractivity contribution is 6.20. The molecule has 0 spiro atoms. The lowest BCUT2D eigenvalue weighted by Crippen LogP contribution is -2.23. The summed E-state index contributed by atoms with van der Waals surface area (Å²) in [4.78, 5) is 4.81. The van der Waals surface area contributed by atoms with Crippen LogP contribution >= 0.6 is 11.6 Å². The molecule has 0 amide bonds. The number of aryl methyl sites for hydroxylation is 1. The number of imidazole rings is 1. The maximum Gasteiger partial charge on any atom is 0.128 e. The molecule has 3 nitrogen and oxygen atoms in total. The van der Waals surface area contributed by atoms with Gasteiger partial charge in [-0.05, 0) is 56.7 Å². The average Bonchev–Trinajstić information content (AvgIpc) is 3.06. The molecule has 4 rings (SSSR count). The van der Waals surface area contributed by atoms with Crippen molar-refractivity contribution < 1.29 is 4.74 Å². The third-order valence-corrected chi connectivity index (χ3v) is 4.94. The van der Waals surface area contributed by atoms with Gasteiger partial charge in [0.1, 0.15) is 5.82 Å². The molecule has 112 valence electrons. The molecule has 0 N–H and O–H groups in total. The normalized spacial score (nSPS) is 27.4. The Balaban J connectivity index is 1.87. The summed E-state index contributed by atoms with van der Waals surface area (Å²) in [6.45, 7) is 4.97. The van der Waals surface area contributed by atoms with E-state index in [-0.39, 0.29) is 5.38 Å². The van der Waals surface area contributed by atoms with Crippen LogP contribution in [0.15, 0.2) is 18.2 Å². The van der Waals surface area contributed by atoms with Crippen LogP contribution in [0.1, 0.15) is 49.0 Å². The summed E-state index contributed by atoms with van der Waals surface area (Å²) in [5, 5.41) is -0.0850. The van der Waals surface area contributed by atoms with E-state index in [1.165, 1.54) is 23.9 Å². The Labute approximate surface area is 130 Å². The van der Waals surface area contributed by atoms with Gasteiger partial charge in [-0.25, -0.2) is 4.98 Å². The van der Waals surface area contributed by atoms with Gasteiger partial charge >= 0.3 is 0 Å². The Morgan fingerprint density at radius 1 is 1.33 bits per heavy atom. The molecular weight excluding hydrogens is 284 g/mol. The molecule has 2 aliphatic rings. The number of halogens is 1. The van der Waals surface area contributed by atoms with Gasteiger partial charge in [0.15, 0.2) is 0 Å². The van der Waals surface area contributed by atoms with Crippen LogP contribution in [0, 0.1) is 12.8 Å². The van der Waals surface area contributed by atoms with Crippen molar-refractivity contribution in [2.45, 2.75) is 50.6 Å². The minimum absolute atomic E-state index is 0.0850. The van der Waals surface area contributed by atoms with E-state index in [4.69, 9.17) is 21.3 Å². The fraction of sp³-hybridized carbons (Fsp3) is 0.588. The quantitative estimate of drug-likeness (QED) is 0.787. The average molecular weight is 305 g/mol. The molecule has 21 heavy (non-hydrogen) atoms. The first-order valence-corrected chi connectivity index (χ1v) is 8.33. The number of hydrogen-bond donors (Lipinski definition) is 0. The van der Waals surface area contributed by atoms with Crippen molar-refractivity contribution in [3.8, 4) is 0 Å². The smallest absolute Gasteiger partial charge is 0.128 e. The summed E-state index contributed by atoms with van der Waals surface area (Å²) < 4.78 is 8.39. The molecule has 0 bridgehead atoms. The van der Waals surface area contributed by atoms with E-state index in [2.05, 4.69) is 29.7 Å². The van der Waals surface area contributed by atoms with Gasteiger partial charge in [0.2, 0.25) is 0 Å². The summed E-state index contributed by atoms with van der Waals surface area (Å²) in [6.07, 6.45) is 4.02. The van der Waals surface area contributed by atoms with E-state index in [1.54, 1.807) is 0 Å². The van der Waals surface area contributed by atoms with Crippen LogP contribution in [-0.2, 0) is 4.74 Å². The zero-order valence-electron chi connectivity index (χ0n) is 12.6. The fourth-order valence-corrected chi connectivity index (χ4v) is 3.76. The van der Waals surface area contributed by atoms with Gasteiger partial charge in [-0.1, -0.05) is 6.07 Å². The number of aromatic nitrogens is 2. The molecule has 3 unspecified atom stereocenters. The Hall–Kier alpha value is -1.06. The molecule has 1 aromatic carbocycles. The second kappa shape index (κ2) is 4.99. The third-order valence-electron chi connectivity index (χ3n) is 4.75. The summed E-state index contributed by atoms with van der Waals surface area (Å²) in [6, 6.07) is 6.88. The number of rotatable bonds is 3. The lowest BCUT2D eigenvalue weighted by molar-refractivity contribution is 0.0753.